The first kappa shape index (κ1) is 69.1. The van der Waals surface area contributed by atoms with Gasteiger partial charge in [-0.1, -0.05) is 52.0 Å². The minimum Gasteiger partial charge on any atom is -0.445 e. The van der Waals surface area contributed by atoms with Gasteiger partial charge in [0.1, 0.15) is 42.3 Å². The molecule has 0 radical (unpaired) electrons. The molecule has 420 valence electrons. The molecule has 0 aliphatic carbocycles. The normalized spacial score (nSPS) is 12.2. The number of carbonyl (C=O) groups excluding carboxylic acids is 8. The Bertz CT molecular complexity index is 1930. The van der Waals surface area contributed by atoms with Crippen LogP contribution in [0.2, 0.25) is 0 Å². The van der Waals surface area contributed by atoms with Crippen molar-refractivity contribution < 1.29 is 63.4 Å². The number of alkyl halides is 4. The van der Waals surface area contributed by atoms with Crippen molar-refractivity contribution in [3.05, 3.63) is 59.7 Å². The van der Waals surface area contributed by atoms with E-state index in [0.717, 1.165) is 0 Å². The highest BCUT2D eigenvalue weighted by Gasteiger charge is 2.29. The van der Waals surface area contributed by atoms with E-state index < -0.39 is 59.4 Å². The molecule has 25 heteroatoms. The Hall–Kier alpha value is -3.89. The number of aliphatic hydroxyl groups excluding tert-OH is 1. The summed E-state index contributed by atoms with van der Waals surface area (Å²) >= 11 is 30.5. The topological polar surface area (TPSA) is 239 Å². The van der Waals surface area contributed by atoms with Crippen LogP contribution in [0.5, 0.6) is 11.5 Å². The lowest BCUT2D eigenvalue weighted by atomic mass is 10.0. The van der Waals surface area contributed by atoms with Crippen molar-refractivity contribution in [2.24, 2.45) is 11.8 Å². The van der Waals surface area contributed by atoms with Crippen molar-refractivity contribution in [2.75, 3.05) is 73.7 Å². The van der Waals surface area contributed by atoms with Gasteiger partial charge >= 0.3 is 23.4 Å². The lowest BCUT2D eigenvalue weighted by molar-refractivity contribution is -0.140. The fraction of sp³-hybridized carbons (Fsp3) is 0.583. The van der Waals surface area contributed by atoms with Crippen LogP contribution >= 0.6 is 81.5 Å². The average molecular weight is 1170 g/mol. The summed E-state index contributed by atoms with van der Waals surface area (Å²) in [5.74, 6) is 1.57. The van der Waals surface area contributed by atoms with Gasteiger partial charge in [-0.05, 0) is 109 Å². The maximum atomic E-state index is 12.8. The van der Waals surface area contributed by atoms with Crippen molar-refractivity contribution in [3.8, 4) is 11.5 Å². The first-order chi connectivity index (χ1) is 34.9. The van der Waals surface area contributed by atoms with E-state index in [2.05, 4.69) is 21.3 Å². The van der Waals surface area contributed by atoms with Crippen LogP contribution in [0.4, 0.5) is 9.59 Å². The molecule has 73 heavy (non-hydrogen) atoms. The number of ether oxygens (including phenoxy) is 3. The number of rotatable bonds is 33. The van der Waals surface area contributed by atoms with Gasteiger partial charge in [-0.25, -0.2) is 14.4 Å². The molecule has 0 spiro atoms. The molecule has 4 atom stereocenters. The van der Waals surface area contributed by atoms with Gasteiger partial charge < -0.3 is 50.4 Å². The van der Waals surface area contributed by atoms with Crippen molar-refractivity contribution in [2.45, 2.75) is 90.8 Å². The van der Waals surface area contributed by atoms with E-state index in [1.807, 2.05) is 40.2 Å². The summed E-state index contributed by atoms with van der Waals surface area (Å²) in [6.45, 7) is 9.25. The minimum atomic E-state index is -0.877. The van der Waals surface area contributed by atoms with E-state index in [0.29, 0.717) is 105 Å². The van der Waals surface area contributed by atoms with Crippen LogP contribution in [0.3, 0.4) is 0 Å². The average Bonchev–Trinajstić information content (AvgIpc) is 3.35. The molecular formula is C48H79Cl5N6O12S2. The molecule has 6 amide bonds. The van der Waals surface area contributed by atoms with Crippen LogP contribution in [0, 0.1) is 11.8 Å². The number of amides is 6. The number of hydrogen-bond acceptors (Lipinski definition) is 14. The number of nitrogens with one attached hydrogen (secondary N) is 4. The SMILES string of the molecule is CSCCC(NC=O)C(=O)NC(CC(C)C)C(=O)Oc1ccc(CO)cc1.CSCCC(NC=O)C(=O)NC(CC(C)C)C(=O)Oc1ccc(COC(=O)N(CCCl)CCCl)cc1.O=C(Cl)N(CCCl)CCCl.[HH].[HH].[HH].[HH]. The summed E-state index contributed by atoms with van der Waals surface area (Å²) in [6, 6.07) is 9.89. The molecule has 2 aromatic carbocycles. The molecule has 0 heterocycles. The largest absolute Gasteiger partial charge is 0.445 e. The molecular weight excluding hydrogens is 1090 g/mol. The van der Waals surface area contributed by atoms with Gasteiger partial charge in [0.15, 0.2) is 0 Å². The van der Waals surface area contributed by atoms with Gasteiger partial charge in [-0.15, -0.1) is 46.4 Å². The molecule has 0 aromatic heterocycles. The van der Waals surface area contributed by atoms with E-state index in [-0.39, 0.29) is 48.3 Å². The molecule has 0 fully saturated rings. The van der Waals surface area contributed by atoms with E-state index in [4.69, 9.17) is 77.3 Å². The second-order valence-electron chi connectivity index (χ2n) is 16.4. The molecule has 2 rings (SSSR count). The van der Waals surface area contributed by atoms with Gasteiger partial charge in [0.05, 0.1) is 6.61 Å². The quantitative estimate of drug-likeness (QED) is 0.0114. The summed E-state index contributed by atoms with van der Waals surface area (Å²) in [5.41, 5.74) is 1.40. The summed E-state index contributed by atoms with van der Waals surface area (Å²) in [7, 11) is 0. The second-order valence-corrected chi connectivity index (χ2v) is 20.3. The van der Waals surface area contributed by atoms with E-state index >= 15 is 0 Å². The Balaban J connectivity index is -0.000000373. The molecule has 0 saturated carbocycles. The van der Waals surface area contributed by atoms with Gasteiger partial charge in [-0.2, -0.15) is 23.5 Å². The number of nitrogens with zero attached hydrogens (tertiary/aromatic N) is 2. The van der Waals surface area contributed by atoms with Crippen LogP contribution in [-0.2, 0) is 46.7 Å². The van der Waals surface area contributed by atoms with Crippen molar-refractivity contribution in [3.63, 3.8) is 0 Å². The van der Waals surface area contributed by atoms with Crippen molar-refractivity contribution >= 4 is 130 Å². The van der Waals surface area contributed by atoms with Crippen LogP contribution in [0.1, 0.15) is 70.2 Å². The highest BCUT2D eigenvalue weighted by atomic mass is 35.5. The van der Waals surface area contributed by atoms with Crippen LogP contribution in [0.15, 0.2) is 48.5 Å². The number of thioether (sulfide) groups is 2. The van der Waals surface area contributed by atoms with E-state index in [9.17, 15) is 38.4 Å². The Morgan fingerprint density at radius 3 is 1.30 bits per heavy atom. The molecule has 0 saturated heterocycles. The fourth-order valence-corrected chi connectivity index (χ4v) is 7.98. The smallest absolute Gasteiger partial charge is 0.410 e. The van der Waals surface area contributed by atoms with Crippen LogP contribution in [0.25, 0.3) is 0 Å². The lowest BCUT2D eigenvalue weighted by Crippen LogP contribution is -2.51. The van der Waals surface area contributed by atoms with Crippen molar-refractivity contribution in [1.82, 2.24) is 31.1 Å². The summed E-state index contributed by atoms with van der Waals surface area (Å²) in [5, 5.41) is 19.0. The zero-order valence-corrected chi connectivity index (χ0v) is 47.5. The third kappa shape index (κ3) is 31.6. The monoisotopic (exact) mass is 1170 g/mol. The van der Waals surface area contributed by atoms with Crippen LogP contribution in [-0.4, -0.2) is 161 Å². The molecule has 0 bridgehead atoms. The zero-order chi connectivity index (χ0) is 55.1. The Morgan fingerprint density at radius 1 is 0.616 bits per heavy atom. The fourth-order valence-electron chi connectivity index (χ4n) is 6.05. The Labute approximate surface area is 468 Å². The highest BCUT2D eigenvalue weighted by Crippen LogP contribution is 2.18. The van der Waals surface area contributed by atoms with E-state index in [1.54, 1.807) is 72.1 Å². The number of carbonyl (C=O) groups is 8. The summed E-state index contributed by atoms with van der Waals surface area (Å²) < 4.78 is 16.2. The Morgan fingerprint density at radius 2 is 0.986 bits per heavy atom. The second kappa shape index (κ2) is 42.3. The third-order valence-electron chi connectivity index (χ3n) is 9.76. The summed E-state index contributed by atoms with van der Waals surface area (Å²) in [4.78, 5) is 97.7. The molecule has 4 unspecified atom stereocenters. The van der Waals surface area contributed by atoms with Crippen LogP contribution < -0.4 is 30.7 Å². The van der Waals surface area contributed by atoms with Gasteiger partial charge in [-0.3, -0.25) is 24.0 Å². The zero-order valence-electron chi connectivity index (χ0n) is 42.1. The maximum absolute atomic E-state index is 12.8. The molecule has 0 aliphatic heterocycles. The number of aliphatic hydroxyl groups is 1. The third-order valence-corrected chi connectivity index (χ3v) is 12.0. The standard InChI is InChI=1S/C24H35Cl2N3O6S.C19H28N2O5S.C5H8Cl3NO.4H2/c1-17(2)14-21(28-22(31)20(27-16-30)8-13-36-3)23(32)35-19-6-4-18(5-7-19)15-34-24(33)29(11-9-25)12-10-26;1-13(2)10-17(21-18(24)16(20-12-23)8-9-27-3)19(25)26-15-6-4-14(11-22)5-7-15;6-1-3-9(4-2-7)5(8)10;;;;/h4-7,16-17,20-21H,8-15H2,1-3H3,(H,27,30)(H,28,31);4-7,12-13,16-17,22H,8-11H2,1-3H3,(H,20,23)(H,21,24);1-4H2;4*1H. The number of benzene rings is 2. The van der Waals surface area contributed by atoms with Crippen molar-refractivity contribution in [1.29, 1.82) is 0 Å². The number of esters is 2. The first-order valence-corrected chi connectivity index (χ1v) is 28.5. The molecule has 5 N–H and O–H groups in total. The molecule has 0 aliphatic rings. The maximum Gasteiger partial charge on any atom is 0.410 e. The Kier molecular flexibility index (Phi) is 40.1. The molecule has 2 aromatic rings. The number of hydrogen-bond donors (Lipinski definition) is 5. The first-order valence-electron chi connectivity index (χ1n) is 23.2. The lowest BCUT2D eigenvalue weighted by Gasteiger charge is -2.22. The summed E-state index contributed by atoms with van der Waals surface area (Å²) in [6.07, 6.45) is 5.97. The van der Waals surface area contributed by atoms with Gasteiger partial charge in [0.25, 0.3) is 0 Å². The van der Waals surface area contributed by atoms with E-state index in [1.165, 1.54) is 9.80 Å². The highest BCUT2D eigenvalue weighted by molar-refractivity contribution is 7.98. The predicted octanol–water partition coefficient (Wildman–Crippen LogP) is 8.00. The predicted molar refractivity (Wildman–Crippen MR) is 301 cm³/mol. The number of halogens is 5. The minimum absolute atomic E-state index is 0. The van der Waals surface area contributed by atoms with Gasteiger partial charge in [0.2, 0.25) is 24.6 Å². The molecule has 18 nitrogen and oxygen atoms in total. The van der Waals surface area contributed by atoms with Gasteiger partial charge in [0, 0.05) is 55.4 Å².